The van der Waals surface area contributed by atoms with E-state index in [0.29, 0.717) is 11.7 Å². The van der Waals surface area contributed by atoms with Gasteiger partial charge >= 0.3 is 0 Å². The summed E-state index contributed by atoms with van der Waals surface area (Å²) in [4.78, 5) is 16.7. The van der Waals surface area contributed by atoms with Crippen molar-refractivity contribution in [1.29, 1.82) is 0 Å². The van der Waals surface area contributed by atoms with E-state index in [1.54, 1.807) is 12.4 Å². The van der Waals surface area contributed by atoms with Crippen LogP contribution in [0.2, 0.25) is 0 Å². The summed E-state index contributed by atoms with van der Waals surface area (Å²) >= 11 is 1.52. The molecule has 2 N–H and O–H groups in total. The van der Waals surface area contributed by atoms with Crippen LogP contribution in [0.4, 0.5) is 0 Å². The van der Waals surface area contributed by atoms with Crippen LogP contribution >= 0.6 is 36.2 Å². The minimum absolute atomic E-state index is 0. The van der Waals surface area contributed by atoms with Gasteiger partial charge in [-0.15, -0.1) is 41.2 Å². The molecule has 0 aromatic carbocycles. The zero-order valence-electron chi connectivity index (χ0n) is 13.6. The maximum Gasteiger partial charge on any atom is 0.274 e. The Hall–Kier alpha value is -1.22. The SMILES string of the molecule is CC(C)(NC(=O)c1cn(C2CCNCC2)nn1)c1nccs1.Cl.Cl. The standard InChI is InChI=1S/C14H20N6OS.2ClH/c1-14(2,13-16-7-8-22-13)17-12(21)11-9-20(19-18-11)10-3-5-15-6-4-10;;/h7-10,15H,3-6H2,1-2H3,(H,17,21);2*1H. The molecule has 24 heavy (non-hydrogen) atoms. The van der Waals surface area contributed by atoms with Crippen molar-refractivity contribution in [3.8, 4) is 0 Å². The van der Waals surface area contributed by atoms with Gasteiger partial charge in [0, 0.05) is 11.6 Å². The van der Waals surface area contributed by atoms with E-state index in [1.807, 2.05) is 23.9 Å². The van der Waals surface area contributed by atoms with Gasteiger partial charge in [0.2, 0.25) is 0 Å². The monoisotopic (exact) mass is 392 g/mol. The topological polar surface area (TPSA) is 84.7 Å². The first-order valence-electron chi connectivity index (χ1n) is 7.41. The van der Waals surface area contributed by atoms with Crippen LogP contribution in [0, 0.1) is 0 Å². The van der Waals surface area contributed by atoms with Crippen LogP contribution in [-0.4, -0.2) is 39.0 Å². The van der Waals surface area contributed by atoms with E-state index in [-0.39, 0.29) is 30.7 Å². The van der Waals surface area contributed by atoms with E-state index >= 15 is 0 Å². The second-order valence-corrected chi connectivity index (χ2v) is 6.88. The number of aromatic nitrogens is 4. The third-order valence-corrected chi connectivity index (χ3v) is 4.92. The van der Waals surface area contributed by atoms with Gasteiger partial charge in [0.15, 0.2) is 5.69 Å². The van der Waals surface area contributed by atoms with Crippen molar-refractivity contribution in [3.05, 3.63) is 28.5 Å². The number of halogens is 2. The van der Waals surface area contributed by atoms with Crippen molar-refractivity contribution >= 4 is 42.1 Å². The first-order valence-corrected chi connectivity index (χ1v) is 8.29. The predicted molar refractivity (Wildman–Crippen MR) is 98.3 cm³/mol. The first-order chi connectivity index (χ1) is 10.6. The lowest BCUT2D eigenvalue weighted by Crippen LogP contribution is -2.41. The lowest BCUT2D eigenvalue weighted by Gasteiger charge is -2.23. The van der Waals surface area contributed by atoms with E-state index < -0.39 is 5.54 Å². The molecule has 0 unspecified atom stereocenters. The second-order valence-electron chi connectivity index (χ2n) is 5.98. The number of carbonyl (C=O) groups is 1. The molecule has 2 aromatic heterocycles. The number of nitrogens with one attached hydrogen (secondary N) is 2. The Morgan fingerprint density at radius 3 is 2.71 bits per heavy atom. The highest BCUT2D eigenvalue weighted by Gasteiger charge is 2.27. The van der Waals surface area contributed by atoms with E-state index in [1.165, 1.54) is 11.3 Å². The molecule has 0 radical (unpaired) electrons. The summed E-state index contributed by atoms with van der Waals surface area (Å²) in [5, 5.41) is 17.2. The number of hydrogen-bond donors (Lipinski definition) is 2. The summed E-state index contributed by atoms with van der Waals surface area (Å²) in [5.74, 6) is -0.222. The largest absolute Gasteiger partial charge is 0.339 e. The highest BCUT2D eigenvalue weighted by atomic mass is 35.5. The van der Waals surface area contributed by atoms with Crippen molar-refractivity contribution in [2.45, 2.75) is 38.3 Å². The van der Waals surface area contributed by atoms with Gasteiger partial charge < -0.3 is 10.6 Å². The number of thiazole rings is 1. The molecule has 1 aliphatic heterocycles. The van der Waals surface area contributed by atoms with Crippen molar-refractivity contribution < 1.29 is 4.79 Å². The maximum atomic E-state index is 12.4. The Kier molecular flexibility index (Phi) is 7.59. The van der Waals surface area contributed by atoms with Gasteiger partial charge in [-0.1, -0.05) is 5.21 Å². The number of hydrogen-bond acceptors (Lipinski definition) is 6. The molecule has 10 heteroatoms. The minimum atomic E-state index is -0.524. The van der Waals surface area contributed by atoms with Crippen molar-refractivity contribution in [2.24, 2.45) is 0 Å². The maximum absolute atomic E-state index is 12.4. The fourth-order valence-corrected chi connectivity index (χ4v) is 3.28. The summed E-state index contributed by atoms with van der Waals surface area (Å²) < 4.78 is 1.81. The zero-order chi connectivity index (χ0) is 15.6. The normalized spacial score (nSPS) is 15.2. The smallest absolute Gasteiger partial charge is 0.274 e. The molecule has 2 aromatic rings. The third-order valence-electron chi connectivity index (χ3n) is 3.82. The van der Waals surface area contributed by atoms with E-state index in [0.717, 1.165) is 30.9 Å². The average molecular weight is 393 g/mol. The third kappa shape index (κ3) is 4.66. The van der Waals surface area contributed by atoms with Crippen LogP contribution in [0.3, 0.4) is 0 Å². The Balaban J connectivity index is 0.00000144. The molecule has 1 fully saturated rings. The molecular weight excluding hydrogens is 371 g/mol. The van der Waals surface area contributed by atoms with Crippen molar-refractivity contribution in [3.63, 3.8) is 0 Å². The van der Waals surface area contributed by atoms with E-state index in [2.05, 4.69) is 25.9 Å². The Morgan fingerprint density at radius 1 is 1.38 bits per heavy atom. The van der Waals surface area contributed by atoms with Crippen molar-refractivity contribution in [2.75, 3.05) is 13.1 Å². The Labute approximate surface area is 157 Å². The van der Waals surface area contributed by atoms with Crippen LogP contribution in [-0.2, 0) is 5.54 Å². The van der Waals surface area contributed by atoms with Crippen LogP contribution in [0.15, 0.2) is 17.8 Å². The second kappa shape index (κ2) is 8.75. The zero-order valence-corrected chi connectivity index (χ0v) is 16.0. The van der Waals surface area contributed by atoms with Gasteiger partial charge in [0.25, 0.3) is 5.91 Å². The Bertz CT molecular complexity index is 639. The summed E-state index contributed by atoms with van der Waals surface area (Å²) in [5.41, 5.74) is -0.174. The average Bonchev–Trinajstić information content (AvgIpc) is 3.20. The Morgan fingerprint density at radius 2 is 2.08 bits per heavy atom. The molecule has 0 saturated carbocycles. The summed E-state index contributed by atoms with van der Waals surface area (Å²) in [6.07, 6.45) is 5.49. The molecule has 1 aliphatic rings. The summed E-state index contributed by atoms with van der Waals surface area (Å²) in [7, 11) is 0. The molecular formula is C14H22Cl2N6OS. The van der Waals surface area contributed by atoms with Gasteiger partial charge in [-0.3, -0.25) is 4.79 Å². The van der Waals surface area contributed by atoms with Crippen LogP contribution in [0.5, 0.6) is 0 Å². The van der Waals surface area contributed by atoms with E-state index in [4.69, 9.17) is 0 Å². The van der Waals surface area contributed by atoms with Crippen LogP contribution in [0.25, 0.3) is 0 Å². The summed E-state index contributed by atoms with van der Waals surface area (Å²) in [6.45, 7) is 5.81. The predicted octanol–water partition coefficient (Wildman–Crippen LogP) is 2.17. The fraction of sp³-hybridized carbons (Fsp3) is 0.571. The van der Waals surface area contributed by atoms with Gasteiger partial charge in [0.1, 0.15) is 5.01 Å². The number of piperidine rings is 1. The lowest BCUT2D eigenvalue weighted by atomic mass is 10.1. The molecule has 3 heterocycles. The summed E-state index contributed by atoms with van der Waals surface area (Å²) in [6, 6.07) is 0.322. The number of nitrogens with zero attached hydrogens (tertiary/aromatic N) is 4. The molecule has 3 rings (SSSR count). The van der Waals surface area contributed by atoms with Crippen LogP contribution < -0.4 is 10.6 Å². The van der Waals surface area contributed by atoms with Crippen molar-refractivity contribution in [1.82, 2.24) is 30.6 Å². The fourth-order valence-electron chi connectivity index (χ4n) is 2.56. The number of rotatable bonds is 4. The highest BCUT2D eigenvalue weighted by Crippen LogP contribution is 2.22. The molecule has 7 nitrogen and oxygen atoms in total. The number of carbonyl (C=O) groups excluding carboxylic acids is 1. The minimum Gasteiger partial charge on any atom is -0.339 e. The quantitative estimate of drug-likeness (QED) is 0.832. The molecule has 1 amide bonds. The van der Waals surface area contributed by atoms with E-state index in [9.17, 15) is 4.79 Å². The van der Waals surface area contributed by atoms with Gasteiger partial charge in [-0.05, 0) is 39.8 Å². The molecule has 0 aliphatic carbocycles. The molecule has 0 bridgehead atoms. The molecule has 0 atom stereocenters. The molecule has 134 valence electrons. The lowest BCUT2D eigenvalue weighted by molar-refractivity contribution is 0.0906. The first kappa shape index (κ1) is 20.8. The highest BCUT2D eigenvalue weighted by molar-refractivity contribution is 7.09. The van der Waals surface area contributed by atoms with Gasteiger partial charge in [-0.25, -0.2) is 9.67 Å². The number of amides is 1. The van der Waals surface area contributed by atoms with Crippen LogP contribution in [0.1, 0.15) is 48.2 Å². The molecule has 1 saturated heterocycles. The molecule has 0 spiro atoms. The van der Waals surface area contributed by atoms with Gasteiger partial charge in [-0.2, -0.15) is 0 Å². The van der Waals surface area contributed by atoms with Gasteiger partial charge in [0.05, 0.1) is 17.8 Å².